The molecule has 1 aromatic rings. The van der Waals surface area contributed by atoms with Gasteiger partial charge < -0.3 is 5.32 Å². The third kappa shape index (κ3) is 2.46. The quantitative estimate of drug-likeness (QED) is 0.624. The number of hydrogen-bond acceptors (Lipinski definition) is 3. The Morgan fingerprint density at radius 1 is 1.20 bits per heavy atom. The first kappa shape index (κ1) is 16.5. The summed E-state index contributed by atoms with van der Waals surface area (Å²) in [5, 5.41) is 2.84. The fourth-order valence-corrected chi connectivity index (χ4v) is 4.90. The molecule has 4 rings (SSSR count). The molecule has 3 amide bonds. The number of amides is 3. The summed E-state index contributed by atoms with van der Waals surface area (Å²) in [5.41, 5.74) is 1.59. The van der Waals surface area contributed by atoms with Crippen molar-refractivity contribution in [3.8, 4) is 0 Å². The number of likely N-dealkylation sites (tertiary alicyclic amines) is 1. The molecule has 1 aromatic carbocycles. The van der Waals surface area contributed by atoms with E-state index in [9.17, 15) is 14.4 Å². The van der Waals surface area contributed by atoms with Crippen molar-refractivity contribution in [1.82, 2.24) is 4.90 Å². The Bertz CT molecular complexity index is 789. The fourth-order valence-electron chi connectivity index (χ4n) is 4.43. The van der Waals surface area contributed by atoms with Gasteiger partial charge in [-0.05, 0) is 55.9 Å². The second kappa shape index (κ2) is 5.80. The molecular weight excluding hydrogens is 384 g/mol. The molecule has 6 heteroatoms. The van der Waals surface area contributed by atoms with Crippen LogP contribution in [0.4, 0.5) is 5.69 Å². The first-order chi connectivity index (χ1) is 11.9. The Balaban J connectivity index is 1.53. The van der Waals surface area contributed by atoms with E-state index in [-0.39, 0.29) is 41.4 Å². The maximum absolute atomic E-state index is 12.8. The monoisotopic (exact) mass is 402 g/mol. The molecule has 2 bridgehead atoms. The van der Waals surface area contributed by atoms with Crippen LogP contribution in [0.15, 0.2) is 34.8 Å². The van der Waals surface area contributed by atoms with Gasteiger partial charge in [-0.2, -0.15) is 0 Å². The van der Waals surface area contributed by atoms with E-state index in [0.717, 1.165) is 16.5 Å². The predicted molar refractivity (Wildman–Crippen MR) is 96.5 cm³/mol. The maximum Gasteiger partial charge on any atom is 0.247 e. The van der Waals surface area contributed by atoms with Gasteiger partial charge in [0.15, 0.2) is 0 Å². The van der Waals surface area contributed by atoms with Crippen LogP contribution in [0.3, 0.4) is 0 Å². The Labute approximate surface area is 154 Å². The topological polar surface area (TPSA) is 66.5 Å². The number of nitrogens with zero attached hydrogens (tertiary/aromatic N) is 1. The lowest BCUT2D eigenvalue weighted by Crippen LogP contribution is -2.46. The lowest BCUT2D eigenvalue weighted by atomic mass is 9.85. The highest BCUT2D eigenvalue weighted by Crippen LogP contribution is 2.52. The number of benzene rings is 1. The molecule has 0 aromatic heterocycles. The maximum atomic E-state index is 12.8. The van der Waals surface area contributed by atoms with Crippen molar-refractivity contribution in [2.75, 3.05) is 5.32 Å². The van der Waals surface area contributed by atoms with Gasteiger partial charge in [0, 0.05) is 10.2 Å². The average Bonchev–Trinajstić information content (AvgIpc) is 3.23. The van der Waals surface area contributed by atoms with E-state index >= 15 is 0 Å². The third-order valence-corrected chi connectivity index (χ3v) is 6.21. The molecule has 0 spiro atoms. The molecule has 3 aliphatic rings. The number of nitrogens with one attached hydrogen (secondary N) is 1. The summed E-state index contributed by atoms with van der Waals surface area (Å²) < 4.78 is 0.928. The molecule has 2 fully saturated rings. The average molecular weight is 403 g/mol. The Morgan fingerprint density at radius 3 is 2.36 bits per heavy atom. The molecule has 5 nitrogen and oxygen atoms in total. The van der Waals surface area contributed by atoms with E-state index in [2.05, 4.69) is 33.4 Å². The Morgan fingerprint density at radius 2 is 1.80 bits per heavy atom. The Kier molecular flexibility index (Phi) is 3.83. The first-order valence-corrected chi connectivity index (χ1v) is 9.30. The van der Waals surface area contributed by atoms with Crippen molar-refractivity contribution in [3.63, 3.8) is 0 Å². The van der Waals surface area contributed by atoms with Crippen LogP contribution >= 0.6 is 15.9 Å². The molecule has 2 aliphatic carbocycles. The van der Waals surface area contributed by atoms with Crippen LogP contribution in [-0.2, 0) is 14.4 Å². The van der Waals surface area contributed by atoms with Gasteiger partial charge in [0.2, 0.25) is 17.7 Å². The van der Waals surface area contributed by atoms with Gasteiger partial charge in [-0.25, -0.2) is 0 Å². The van der Waals surface area contributed by atoms with Gasteiger partial charge in [-0.15, -0.1) is 0 Å². The smallest absolute Gasteiger partial charge is 0.247 e. The van der Waals surface area contributed by atoms with E-state index in [1.54, 1.807) is 13.0 Å². The zero-order chi connectivity index (χ0) is 17.9. The van der Waals surface area contributed by atoms with E-state index in [0.29, 0.717) is 5.69 Å². The van der Waals surface area contributed by atoms with Crippen LogP contribution in [0.25, 0.3) is 0 Å². The highest BCUT2D eigenvalue weighted by Gasteiger charge is 2.60. The lowest BCUT2D eigenvalue weighted by Gasteiger charge is -2.24. The normalized spacial score (nSPS) is 30.8. The standard InChI is InChI=1S/C19H19BrN2O3/c1-9-7-13(20)5-6-14(9)21-17(23)10(2)22-18(24)15-11-3-4-12(8-11)16(15)19(22)25/h3-7,10-12,15-16H,8H2,1-2H3,(H,21,23). The minimum atomic E-state index is -0.812. The molecule has 1 saturated heterocycles. The molecule has 5 unspecified atom stereocenters. The second-order valence-electron chi connectivity index (χ2n) is 7.17. The van der Waals surface area contributed by atoms with Crippen LogP contribution in [-0.4, -0.2) is 28.7 Å². The van der Waals surface area contributed by atoms with Crippen LogP contribution in [0, 0.1) is 30.6 Å². The second-order valence-corrected chi connectivity index (χ2v) is 8.09. The number of allylic oxidation sites excluding steroid dienone is 2. The predicted octanol–water partition coefficient (Wildman–Crippen LogP) is 2.89. The number of fused-ring (bicyclic) bond motifs is 5. The molecule has 1 saturated carbocycles. The lowest BCUT2D eigenvalue weighted by molar-refractivity contribution is -0.146. The van der Waals surface area contributed by atoms with Crippen molar-refractivity contribution in [2.24, 2.45) is 23.7 Å². The number of hydrogen-bond donors (Lipinski definition) is 1. The van der Waals surface area contributed by atoms with Gasteiger partial charge in [0.05, 0.1) is 11.8 Å². The van der Waals surface area contributed by atoms with Gasteiger partial charge in [-0.1, -0.05) is 28.1 Å². The largest absolute Gasteiger partial charge is 0.324 e. The van der Waals surface area contributed by atoms with Crippen LogP contribution in [0.5, 0.6) is 0 Å². The van der Waals surface area contributed by atoms with Crippen molar-refractivity contribution in [1.29, 1.82) is 0 Å². The van der Waals surface area contributed by atoms with Crippen molar-refractivity contribution in [2.45, 2.75) is 26.3 Å². The van der Waals surface area contributed by atoms with Crippen LogP contribution in [0.1, 0.15) is 18.9 Å². The summed E-state index contributed by atoms with van der Waals surface area (Å²) in [6.45, 7) is 3.51. The minimum Gasteiger partial charge on any atom is -0.324 e. The van der Waals surface area contributed by atoms with Crippen LogP contribution < -0.4 is 5.32 Å². The Hall–Kier alpha value is -1.95. The number of carbonyl (C=O) groups excluding carboxylic acids is 3. The van der Waals surface area contributed by atoms with E-state index in [1.807, 2.05) is 19.1 Å². The zero-order valence-corrected chi connectivity index (χ0v) is 15.6. The molecule has 1 heterocycles. The summed E-state index contributed by atoms with van der Waals surface area (Å²) in [7, 11) is 0. The summed E-state index contributed by atoms with van der Waals surface area (Å²) in [6.07, 6.45) is 4.99. The molecule has 1 aliphatic heterocycles. The number of carbonyl (C=O) groups is 3. The first-order valence-electron chi connectivity index (χ1n) is 8.50. The number of imide groups is 1. The number of rotatable bonds is 3. The van der Waals surface area contributed by atoms with Gasteiger partial charge in [0.1, 0.15) is 6.04 Å². The minimum absolute atomic E-state index is 0.153. The van der Waals surface area contributed by atoms with E-state index in [4.69, 9.17) is 0 Å². The SMILES string of the molecule is Cc1cc(Br)ccc1NC(=O)C(C)N1C(=O)C2C3C=CC(C3)C2C1=O. The zero-order valence-electron chi connectivity index (χ0n) is 14.0. The number of anilines is 1. The van der Waals surface area contributed by atoms with Crippen molar-refractivity contribution in [3.05, 3.63) is 40.4 Å². The molecule has 130 valence electrons. The van der Waals surface area contributed by atoms with Gasteiger partial charge >= 0.3 is 0 Å². The molecule has 1 N–H and O–H groups in total. The molecular formula is C19H19BrN2O3. The summed E-state index contributed by atoms with van der Waals surface area (Å²) in [6, 6.07) is 4.73. The highest BCUT2D eigenvalue weighted by molar-refractivity contribution is 9.10. The van der Waals surface area contributed by atoms with Crippen molar-refractivity contribution < 1.29 is 14.4 Å². The van der Waals surface area contributed by atoms with Gasteiger partial charge in [0.25, 0.3) is 0 Å². The van der Waals surface area contributed by atoms with Crippen molar-refractivity contribution >= 4 is 39.3 Å². The molecule has 5 atom stereocenters. The summed E-state index contributed by atoms with van der Waals surface area (Å²) in [4.78, 5) is 39.4. The van der Waals surface area contributed by atoms with Crippen LogP contribution in [0.2, 0.25) is 0 Å². The van der Waals surface area contributed by atoms with E-state index < -0.39 is 6.04 Å². The highest BCUT2D eigenvalue weighted by atomic mass is 79.9. The third-order valence-electron chi connectivity index (χ3n) is 5.72. The molecule has 0 radical (unpaired) electrons. The fraction of sp³-hybridized carbons (Fsp3) is 0.421. The number of halogens is 1. The van der Waals surface area contributed by atoms with Gasteiger partial charge in [-0.3, -0.25) is 19.3 Å². The molecule has 25 heavy (non-hydrogen) atoms. The van der Waals surface area contributed by atoms with E-state index in [1.165, 1.54) is 4.90 Å². The summed E-state index contributed by atoms with van der Waals surface area (Å²) >= 11 is 3.39. The summed E-state index contributed by atoms with van der Waals surface area (Å²) in [5.74, 6) is -0.961. The number of aryl methyl sites for hydroxylation is 1.